The fourth-order valence-corrected chi connectivity index (χ4v) is 1.42. The van der Waals surface area contributed by atoms with E-state index < -0.39 is 5.69 Å². The lowest BCUT2D eigenvalue weighted by Crippen LogP contribution is -2.37. The molecule has 2 aromatic heterocycles. The van der Waals surface area contributed by atoms with Gasteiger partial charge < -0.3 is 5.73 Å². The number of fused-ring (bicyclic) bond motifs is 1. The zero-order valence-electron chi connectivity index (χ0n) is 8.34. The molecule has 0 atom stereocenters. The predicted octanol–water partition coefficient (Wildman–Crippen LogP) is -0.535. The molecule has 0 bridgehead atoms. The van der Waals surface area contributed by atoms with Crippen LogP contribution in [0.25, 0.3) is 11.0 Å². The van der Waals surface area contributed by atoms with Crippen molar-refractivity contribution in [3.05, 3.63) is 39.2 Å². The summed E-state index contributed by atoms with van der Waals surface area (Å²) in [7, 11) is 0. The molecule has 86 valence electrons. The van der Waals surface area contributed by atoms with Gasteiger partial charge in [-0.15, -0.1) is 12.4 Å². The normalized spacial score (nSPS) is 10.1. The summed E-state index contributed by atoms with van der Waals surface area (Å²) in [6.07, 6.45) is 1.52. The summed E-state index contributed by atoms with van der Waals surface area (Å²) in [6.45, 7) is 0.452. The monoisotopic (exact) mass is 242 g/mol. The summed E-state index contributed by atoms with van der Waals surface area (Å²) in [5.41, 5.74) is 4.79. The third-order valence-corrected chi connectivity index (χ3v) is 2.11. The van der Waals surface area contributed by atoms with Crippen molar-refractivity contribution >= 4 is 23.4 Å². The molecule has 0 fully saturated rings. The number of halogens is 1. The number of H-pyrrole nitrogens is 1. The second kappa shape index (κ2) is 4.91. The van der Waals surface area contributed by atoms with Gasteiger partial charge in [0.1, 0.15) is 5.65 Å². The SMILES string of the molecule is Cl.NCCn1c(=O)[nH]c2ncccc2c1=O. The van der Waals surface area contributed by atoms with E-state index in [1.165, 1.54) is 6.20 Å². The first-order valence-electron chi connectivity index (χ1n) is 4.52. The quantitative estimate of drug-likeness (QED) is 0.740. The van der Waals surface area contributed by atoms with Crippen LogP contribution in [0.2, 0.25) is 0 Å². The highest BCUT2D eigenvalue weighted by Gasteiger charge is 2.06. The highest BCUT2D eigenvalue weighted by molar-refractivity contribution is 5.85. The number of nitrogens with zero attached hydrogens (tertiary/aromatic N) is 2. The van der Waals surface area contributed by atoms with Gasteiger partial charge in [-0.2, -0.15) is 0 Å². The van der Waals surface area contributed by atoms with E-state index in [1.54, 1.807) is 12.1 Å². The lowest BCUT2D eigenvalue weighted by molar-refractivity contribution is 0.645. The summed E-state index contributed by atoms with van der Waals surface area (Å²) >= 11 is 0. The van der Waals surface area contributed by atoms with Crippen molar-refractivity contribution in [1.29, 1.82) is 0 Å². The van der Waals surface area contributed by atoms with Crippen LogP contribution in [0.15, 0.2) is 27.9 Å². The summed E-state index contributed by atoms with van der Waals surface area (Å²) in [6, 6.07) is 3.27. The molecular formula is C9H11ClN4O2. The molecule has 3 N–H and O–H groups in total. The zero-order chi connectivity index (χ0) is 10.8. The second-order valence-electron chi connectivity index (χ2n) is 3.08. The number of hydrogen-bond donors (Lipinski definition) is 2. The molecule has 2 rings (SSSR count). The van der Waals surface area contributed by atoms with Crippen LogP contribution in [0.5, 0.6) is 0 Å². The average molecular weight is 243 g/mol. The largest absolute Gasteiger partial charge is 0.330 e. The minimum Gasteiger partial charge on any atom is -0.329 e. The maximum atomic E-state index is 11.8. The Hall–Kier alpha value is -1.66. The molecule has 0 saturated carbocycles. The van der Waals surface area contributed by atoms with Gasteiger partial charge in [-0.1, -0.05) is 0 Å². The second-order valence-corrected chi connectivity index (χ2v) is 3.08. The maximum absolute atomic E-state index is 11.8. The molecule has 2 heterocycles. The number of pyridine rings is 1. The molecule has 2 aromatic rings. The van der Waals surface area contributed by atoms with Crippen molar-refractivity contribution in [3.63, 3.8) is 0 Å². The van der Waals surface area contributed by atoms with E-state index >= 15 is 0 Å². The molecule has 0 amide bonds. The molecule has 7 heteroatoms. The molecule has 16 heavy (non-hydrogen) atoms. The Balaban J connectivity index is 0.00000128. The van der Waals surface area contributed by atoms with Gasteiger partial charge in [0.2, 0.25) is 0 Å². The van der Waals surface area contributed by atoms with Crippen molar-refractivity contribution in [2.24, 2.45) is 5.73 Å². The summed E-state index contributed by atoms with van der Waals surface area (Å²) < 4.78 is 1.07. The number of rotatable bonds is 2. The zero-order valence-corrected chi connectivity index (χ0v) is 9.16. The topological polar surface area (TPSA) is 93.8 Å². The summed E-state index contributed by atoms with van der Waals surface area (Å²) in [4.78, 5) is 29.7. The third kappa shape index (κ3) is 1.98. The molecular weight excluding hydrogens is 232 g/mol. The first-order valence-corrected chi connectivity index (χ1v) is 4.52. The molecule has 0 aliphatic carbocycles. The van der Waals surface area contributed by atoms with Gasteiger partial charge in [0.05, 0.1) is 5.39 Å². The van der Waals surface area contributed by atoms with Gasteiger partial charge in [-0.3, -0.25) is 14.3 Å². The van der Waals surface area contributed by atoms with Gasteiger partial charge in [-0.05, 0) is 12.1 Å². The molecule has 0 aliphatic rings. The standard InChI is InChI=1S/C9H10N4O2.ClH/c10-3-5-13-8(14)6-2-1-4-11-7(6)12-9(13)15;/h1-2,4H,3,5,10H2,(H,11,12,15);1H. The fraction of sp³-hybridized carbons (Fsp3) is 0.222. The van der Waals surface area contributed by atoms with Crippen molar-refractivity contribution in [1.82, 2.24) is 14.5 Å². The highest BCUT2D eigenvalue weighted by Crippen LogP contribution is 1.98. The molecule has 0 radical (unpaired) electrons. The Kier molecular flexibility index (Phi) is 3.81. The van der Waals surface area contributed by atoms with E-state index in [0.29, 0.717) is 11.0 Å². The maximum Gasteiger partial charge on any atom is 0.330 e. The van der Waals surface area contributed by atoms with Crippen LogP contribution in [0, 0.1) is 0 Å². The lowest BCUT2D eigenvalue weighted by Gasteiger charge is -2.03. The van der Waals surface area contributed by atoms with Gasteiger partial charge in [0.15, 0.2) is 0 Å². The molecule has 0 unspecified atom stereocenters. The number of hydrogen-bond acceptors (Lipinski definition) is 4. The lowest BCUT2D eigenvalue weighted by atomic mass is 10.3. The van der Waals surface area contributed by atoms with Crippen LogP contribution >= 0.6 is 12.4 Å². The molecule has 0 saturated heterocycles. The predicted molar refractivity (Wildman–Crippen MR) is 62.9 cm³/mol. The van der Waals surface area contributed by atoms with Crippen LogP contribution < -0.4 is 17.0 Å². The third-order valence-electron chi connectivity index (χ3n) is 2.11. The van der Waals surface area contributed by atoms with Crippen molar-refractivity contribution in [2.75, 3.05) is 6.54 Å². The van der Waals surface area contributed by atoms with E-state index in [-0.39, 0.29) is 31.1 Å². The Morgan fingerprint density at radius 1 is 1.44 bits per heavy atom. The Bertz CT molecular complexity index is 604. The van der Waals surface area contributed by atoms with Crippen LogP contribution in [0.1, 0.15) is 0 Å². The average Bonchev–Trinajstić information content (AvgIpc) is 2.24. The van der Waals surface area contributed by atoms with Gasteiger partial charge >= 0.3 is 5.69 Å². The van der Waals surface area contributed by atoms with Gasteiger partial charge in [0, 0.05) is 19.3 Å². The van der Waals surface area contributed by atoms with Crippen LogP contribution in [-0.4, -0.2) is 21.1 Å². The Labute approximate surface area is 96.5 Å². The fourth-order valence-electron chi connectivity index (χ4n) is 1.42. The van der Waals surface area contributed by atoms with E-state index in [1.807, 2.05) is 0 Å². The van der Waals surface area contributed by atoms with Crippen molar-refractivity contribution < 1.29 is 0 Å². The Morgan fingerprint density at radius 2 is 2.19 bits per heavy atom. The smallest absolute Gasteiger partial charge is 0.329 e. The van der Waals surface area contributed by atoms with Crippen molar-refractivity contribution in [3.8, 4) is 0 Å². The number of aromatic amines is 1. The van der Waals surface area contributed by atoms with Crippen LogP contribution in [0.3, 0.4) is 0 Å². The van der Waals surface area contributed by atoms with E-state index in [2.05, 4.69) is 9.97 Å². The summed E-state index contributed by atoms with van der Waals surface area (Å²) in [5, 5.41) is 0.394. The van der Waals surface area contributed by atoms with E-state index in [9.17, 15) is 9.59 Å². The van der Waals surface area contributed by atoms with Crippen LogP contribution in [-0.2, 0) is 6.54 Å². The van der Waals surface area contributed by atoms with Crippen LogP contribution in [0.4, 0.5) is 0 Å². The minimum absolute atomic E-state index is 0. The van der Waals surface area contributed by atoms with Gasteiger partial charge in [-0.25, -0.2) is 9.78 Å². The number of aromatic nitrogens is 3. The summed E-state index contributed by atoms with van der Waals surface area (Å²) in [5.74, 6) is 0. The van der Waals surface area contributed by atoms with Gasteiger partial charge in [0.25, 0.3) is 5.56 Å². The number of nitrogens with two attached hydrogens (primary N) is 1. The molecule has 0 aromatic carbocycles. The molecule has 0 aliphatic heterocycles. The first kappa shape index (κ1) is 12.4. The molecule has 0 spiro atoms. The highest BCUT2D eigenvalue weighted by atomic mass is 35.5. The first-order chi connectivity index (χ1) is 7.24. The Morgan fingerprint density at radius 3 is 2.88 bits per heavy atom. The van der Waals surface area contributed by atoms with E-state index in [4.69, 9.17) is 5.73 Å². The minimum atomic E-state index is -0.475. The van der Waals surface area contributed by atoms with E-state index in [0.717, 1.165) is 4.57 Å². The number of nitrogens with one attached hydrogen (secondary N) is 1. The van der Waals surface area contributed by atoms with Crippen molar-refractivity contribution in [2.45, 2.75) is 6.54 Å². The molecule has 6 nitrogen and oxygen atoms in total.